The summed E-state index contributed by atoms with van der Waals surface area (Å²) in [6.45, 7) is 0.684. The first-order chi connectivity index (χ1) is 9.72. The van der Waals surface area contributed by atoms with Crippen molar-refractivity contribution in [1.82, 2.24) is 9.97 Å². The first-order valence-electron chi connectivity index (χ1n) is 6.25. The van der Waals surface area contributed by atoms with Crippen LogP contribution in [-0.4, -0.2) is 24.1 Å². The number of anilines is 2. The van der Waals surface area contributed by atoms with E-state index in [9.17, 15) is 4.39 Å². The quantitative estimate of drug-likeness (QED) is 0.848. The standard InChI is InChI=1S/C14H17FN4O/c1-16-12-7-13(19-14(18-12)9-20-2)17-8-10-5-3-4-6-11(10)15/h3-7H,8-9H2,1-2H3,(H2,16,17,18,19). The van der Waals surface area contributed by atoms with Crippen LogP contribution in [0.5, 0.6) is 0 Å². The minimum atomic E-state index is -0.236. The molecular weight excluding hydrogens is 259 g/mol. The first-order valence-corrected chi connectivity index (χ1v) is 6.25. The van der Waals surface area contributed by atoms with Crippen LogP contribution in [0.2, 0.25) is 0 Å². The summed E-state index contributed by atoms with van der Waals surface area (Å²) in [4.78, 5) is 8.56. The van der Waals surface area contributed by atoms with Gasteiger partial charge in [0, 0.05) is 32.3 Å². The number of ether oxygens (including phenoxy) is 1. The number of nitrogens with zero attached hydrogens (tertiary/aromatic N) is 2. The predicted octanol–water partition coefficient (Wildman–Crippen LogP) is 2.42. The van der Waals surface area contributed by atoms with Crippen molar-refractivity contribution in [3.63, 3.8) is 0 Å². The average Bonchev–Trinajstić information content (AvgIpc) is 2.46. The Hall–Kier alpha value is -2.21. The van der Waals surface area contributed by atoms with Gasteiger partial charge in [-0.15, -0.1) is 0 Å². The van der Waals surface area contributed by atoms with E-state index in [0.29, 0.717) is 36.2 Å². The molecule has 0 aliphatic heterocycles. The number of hydrogen-bond acceptors (Lipinski definition) is 5. The molecule has 1 aromatic carbocycles. The van der Waals surface area contributed by atoms with Crippen molar-refractivity contribution >= 4 is 11.6 Å². The van der Waals surface area contributed by atoms with Gasteiger partial charge in [-0.3, -0.25) is 0 Å². The van der Waals surface area contributed by atoms with Crippen LogP contribution in [0, 0.1) is 5.82 Å². The lowest BCUT2D eigenvalue weighted by molar-refractivity contribution is 0.178. The maximum atomic E-state index is 13.5. The lowest BCUT2D eigenvalue weighted by Crippen LogP contribution is -2.08. The number of methoxy groups -OCH3 is 1. The lowest BCUT2D eigenvalue weighted by atomic mass is 10.2. The Morgan fingerprint density at radius 3 is 2.65 bits per heavy atom. The summed E-state index contributed by atoms with van der Waals surface area (Å²) in [6, 6.07) is 8.40. The molecule has 2 rings (SSSR count). The molecule has 2 N–H and O–H groups in total. The van der Waals surface area contributed by atoms with E-state index in [4.69, 9.17) is 4.74 Å². The van der Waals surface area contributed by atoms with Crippen LogP contribution in [0.3, 0.4) is 0 Å². The molecule has 2 aromatic rings. The number of rotatable bonds is 6. The van der Waals surface area contributed by atoms with E-state index < -0.39 is 0 Å². The van der Waals surface area contributed by atoms with Crippen molar-refractivity contribution in [2.75, 3.05) is 24.8 Å². The van der Waals surface area contributed by atoms with Crippen LogP contribution < -0.4 is 10.6 Å². The molecule has 0 saturated heterocycles. The Morgan fingerprint density at radius 1 is 1.20 bits per heavy atom. The predicted molar refractivity (Wildman–Crippen MR) is 76.0 cm³/mol. The number of benzene rings is 1. The monoisotopic (exact) mass is 276 g/mol. The van der Waals surface area contributed by atoms with Crippen LogP contribution in [-0.2, 0) is 17.9 Å². The van der Waals surface area contributed by atoms with Crippen LogP contribution in [0.25, 0.3) is 0 Å². The van der Waals surface area contributed by atoms with Gasteiger partial charge in [0.25, 0.3) is 0 Å². The zero-order valence-electron chi connectivity index (χ0n) is 11.5. The second kappa shape index (κ2) is 6.81. The highest BCUT2D eigenvalue weighted by molar-refractivity contribution is 5.47. The third-order valence-electron chi connectivity index (χ3n) is 2.72. The van der Waals surface area contributed by atoms with Gasteiger partial charge in [-0.1, -0.05) is 18.2 Å². The van der Waals surface area contributed by atoms with Crippen molar-refractivity contribution in [3.05, 3.63) is 47.5 Å². The van der Waals surface area contributed by atoms with Crippen molar-refractivity contribution in [3.8, 4) is 0 Å². The van der Waals surface area contributed by atoms with Gasteiger partial charge in [0.15, 0.2) is 5.82 Å². The lowest BCUT2D eigenvalue weighted by Gasteiger charge is -2.10. The Balaban J connectivity index is 2.12. The Bertz CT molecular complexity index is 577. The van der Waals surface area contributed by atoms with Gasteiger partial charge in [0.05, 0.1) is 0 Å². The summed E-state index contributed by atoms with van der Waals surface area (Å²) >= 11 is 0. The molecule has 0 atom stereocenters. The Morgan fingerprint density at radius 2 is 1.95 bits per heavy atom. The highest BCUT2D eigenvalue weighted by atomic mass is 19.1. The smallest absolute Gasteiger partial charge is 0.158 e. The fourth-order valence-corrected chi connectivity index (χ4v) is 1.74. The van der Waals surface area contributed by atoms with Gasteiger partial charge in [-0.05, 0) is 6.07 Å². The minimum absolute atomic E-state index is 0.236. The van der Waals surface area contributed by atoms with Crippen LogP contribution in [0.15, 0.2) is 30.3 Å². The highest BCUT2D eigenvalue weighted by Gasteiger charge is 2.05. The molecule has 20 heavy (non-hydrogen) atoms. The molecule has 106 valence electrons. The van der Waals surface area contributed by atoms with E-state index in [1.165, 1.54) is 6.07 Å². The highest BCUT2D eigenvalue weighted by Crippen LogP contribution is 2.14. The second-order valence-electron chi connectivity index (χ2n) is 4.18. The molecule has 0 aliphatic carbocycles. The minimum Gasteiger partial charge on any atom is -0.377 e. The normalized spacial score (nSPS) is 10.3. The topological polar surface area (TPSA) is 59.1 Å². The van der Waals surface area contributed by atoms with Gasteiger partial charge in [-0.2, -0.15) is 0 Å². The fourth-order valence-electron chi connectivity index (χ4n) is 1.74. The molecule has 0 fully saturated rings. The summed E-state index contributed by atoms with van der Waals surface area (Å²) in [5, 5.41) is 6.04. The van der Waals surface area contributed by atoms with E-state index in [0.717, 1.165) is 0 Å². The maximum absolute atomic E-state index is 13.5. The Kier molecular flexibility index (Phi) is 4.84. The Labute approximate surface area is 117 Å². The molecule has 1 heterocycles. The molecule has 0 radical (unpaired) electrons. The number of aromatic nitrogens is 2. The summed E-state index contributed by atoms with van der Waals surface area (Å²) in [6.07, 6.45) is 0. The average molecular weight is 276 g/mol. The number of halogens is 1. The first kappa shape index (κ1) is 14.2. The molecule has 0 amide bonds. The molecular formula is C14H17FN4O. The van der Waals surface area contributed by atoms with Gasteiger partial charge < -0.3 is 15.4 Å². The van der Waals surface area contributed by atoms with E-state index in [2.05, 4.69) is 20.6 Å². The molecule has 0 saturated carbocycles. The van der Waals surface area contributed by atoms with Crippen molar-refractivity contribution < 1.29 is 9.13 Å². The van der Waals surface area contributed by atoms with Gasteiger partial charge in [0.2, 0.25) is 0 Å². The van der Waals surface area contributed by atoms with Crippen molar-refractivity contribution in [1.29, 1.82) is 0 Å². The molecule has 0 aliphatic rings. The van der Waals surface area contributed by atoms with Crippen LogP contribution in [0.1, 0.15) is 11.4 Å². The van der Waals surface area contributed by atoms with E-state index in [-0.39, 0.29) is 5.82 Å². The summed E-state index contributed by atoms with van der Waals surface area (Å²) in [5.41, 5.74) is 0.588. The maximum Gasteiger partial charge on any atom is 0.158 e. The summed E-state index contributed by atoms with van der Waals surface area (Å²) in [7, 11) is 3.36. The molecule has 0 spiro atoms. The van der Waals surface area contributed by atoms with Crippen molar-refractivity contribution in [2.45, 2.75) is 13.2 Å². The second-order valence-corrected chi connectivity index (χ2v) is 4.18. The van der Waals surface area contributed by atoms with Crippen LogP contribution in [0.4, 0.5) is 16.0 Å². The van der Waals surface area contributed by atoms with Gasteiger partial charge in [-0.25, -0.2) is 14.4 Å². The molecule has 6 heteroatoms. The molecule has 5 nitrogen and oxygen atoms in total. The molecule has 0 bridgehead atoms. The number of nitrogens with one attached hydrogen (secondary N) is 2. The van der Waals surface area contributed by atoms with E-state index in [1.807, 2.05) is 0 Å². The zero-order chi connectivity index (χ0) is 14.4. The van der Waals surface area contributed by atoms with Gasteiger partial charge >= 0.3 is 0 Å². The van der Waals surface area contributed by atoms with Crippen molar-refractivity contribution in [2.24, 2.45) is 0 Å². The number of hydrogen-bond donors (Lipinski definition) is 2. The third-order valence-corrected chi connectivity index (χ3v) is 2.72. The van der Waals surface area contributed by atoms with E-state index in [1.54, 1.807) is 38.4 Å². The van der Waals surface area contributed by atoms with E-state index >= 15 is 0 Å². The third kappa shape index (κ3) is 3.64. The van der Waals surface area contributed by atoms with Crippen LogP contribution >= 0.6 is 0 Å². The zero-order valence-corrected chi connectivity index (χ0v) is 11.5. The fraction of sp³-hybridized carbons (Fsp3) is 0.286. The molecule has 1 aromatic heterocycles. The largest absolute Gasteiger partial charge is 0.377 e. The summed E-state index contributed by atoms with van der Waals surface area (Å²) < 4.78 is 18.6. The van der Waals surface area contributed by atoms with Gasteiger partial charge in [0.1, 0.15) is 24.1 Å². The SMILES string of the molecule is CNc1cc(NCc2ccccc2F)nc(COC)n1. The summed E-state index contributed by atoms with van der Waals surface area (Å²) in [5.74, 6) is 1.64. The molecule has 0 unspecified atom stereocenters.